The Kier molecular flexibility index (Phi) is 5.78. The van der Waals surface area contributed by atoms with E-state index in [-0.39, 0.29) is 29.6 Å². The first-order valence-corrected chi connectivity index (χ1v) is 10.2. The van der Waals surface area contributed by atoms with Crippen molar-refractivity contribution in [3.05, 3.63) is 30.3 Å². The van der Waals surface area contributed by atoms with E-state index >= 15 is 0 Å². The number of hydrogen-bond donors (Lipinski definition) is 1. The summed E-state index contributed by atoms with van der Waals surface area (Å²) >= 11 is 1.61. The molecule has 1 aromatic carbocycles. The number of likely N-dealkylation sites (tertiary alicyclic amines) is 1. The van der Waals surface area contributed by atoms with Crippen molar-refractivity contribution in [1.29, 1.82) is 0 Å². The highest BCUT2D eigenvalue weighted by atomic mass is 32.2. The Morgan fingerprint density at radius 1 is 1.16 bits per heavy atom. The summed E-state index contributed by atoms with van der Waals surface area (Å²) in [5, 5.41) is 2.86. The number of anilines is 1. The summed E-state index contributed by atoms with van der Waals surface area (Å²) in [6.07, 6.45) is 5.94. The molecule has 134 valence electrons. The van der Waals surface area contributed by atoms with Crippen LogP contribution in [-0.2, 0) is 14.4 Å². The van der Waals surface area contributed by atoms with Crippen molar-refractivity contribution >= 4 is 35.2 Å². The van der Waals surface area contributed by atoms with Crippen molar-refractivity contribution in [2.24, 2.45) is 11.8 Å². The largest absolute Gasteiger partial charge is 0.324 e. The monoisotopic (exact) mass is 360 g/mol. The van der Waals surface area contributed by atoms with Crippen molar-refractivity contribution in [2.75, 3.05) is 17.3 Å². The maximum Gasteiger partial charge on any atom is 0.247 e. The number of benzene rings is 1. The van der Waals surface area contributed by atoms with Gasteiger partial charge >= 0.3 is 0 Å². The van der Waals surface area contributed by atoms with E-state index in [1.165, 1.54) is 4.90 Å². The minimum absolute atomic E-state index is 0.149. The van der Waals surface area contributed by atoms with Crippen LogP contribution in [0.1, 0.15) is 32.1 Å². The van der Waals surface area contributed by atoms with Crippen LogP contribution in [0.2, 0.25) is 0 Å². The topological polar surface area (TPSA) is 66.5 Å². The van der Waals surface area contributed by atoms with E-state index in [0.717, 1.165) is 31.4 Å². The third-order valence-electron chi connectivity index (χ3n) is 5.13. The van der Waals surface area contributed by atoms with E-state index < -0.39 is 6.04 Å². The molecule has 2 aliphatic rings. The first-order chi connectivity index (χ1) is 12.1. The number of hydrogen-bond acceptors (Lipinski definition) is 4. The molecule has 1 saturated carbocycles. The number of imide groups is 1. The lowest BCUT2D eigenvalue weighted by Crippen LogP contribution is -2.48. The SMILES string of the molecule is CSCCC(C(=O)Nc1ccccc1)N1C(=O)C2CCCCC2C1=O. The van der Waals surface area contributed by atoms with Crippen LogP contribution in [0, 0.1) is 11.8 Å². The molecule has 1 aliphatic heterocycles. The van der Waals surface area contributed by atoms with Crippen LogP contribution in [-0.4, -0.2) is 40.7 Å². The van der Waals surface area contributed by atoms with Crippen molar-refractivity contribution < 1.29 is 14.4 Å². The molecule has 25 heavy (non-hydrogen) atoms. The first kappa shape index (κ1) is 18.0. The molecule has 1 saturated heterocycles. The predicted octanol–water partition coefficient (Wildman–Crippen LogP) is 2.92. The molecule has 3 amide bonds. The Bertz CT molecular complexity index is 625. The first-order valence-electron chi connectivity index (χ1n) is 8.85. The predicted molar refractivity (Wildman–Crippen MR) is 99.2 cm³/mol. The van der Waals surface area contributed by atoms with Gasteiger partial charge in [0.05, 0.1) is 11.8 Å². The number of carbonyl (C=O) groups is 3. The Balaban J connectivity index is 1.81. The van der Waals surface area contributed by atoms with Gasteiger partial charge in [-0.15, -0.1) is 0 Å². The summed E-state index contributed by atoms with van der Waals surface area (Å²) in [6.45, 7) is 0. The van der Waals surface area contributed by atoms with Crippen LogP contribution < -0.4 is 5.32 Å². The van der Waals surface area contributed by atoms with Crippen LogP contribution in [0.4, 0.5) is 5.69 Å². The van der Waals surface area contributed by atoms with E-state index in [1.54, 1.807) is 23.9 Å². The molecule has 0 aromatic heterocycles. The number of nitrogens with zero attached hydrogens (tertiary/aromatic N) is 1. The van der Waals surface area contributed by atoms with Gasteiger partial charge in [-0.25, -0.2) is 0 Å². The molecule has 0 radical (unpaired) electrons. The van der Waals surface area contributed by atoms with E-state index in [4.69, 9.17) is 0 Å². The second-order valence-corrected chi connectivity index (χ2v) is 7.68. The lowest BCUT2D eigenvalue weighted by atomic mass is 9.81. The van der Waals surface area contributed by atoms with E-state index in [9.17, 15) is 14.4 Å². The number of fused-ring (bicyclic) bond motifs is 1. The third kappa shape index (κ3) is 3.73. The van der Waals surface area contributed by atoms with Gasteiger partial charge in [-0.1, -0.05) is 31.0 Å². The van der Waals surface area contributed by atoms with E-state index in [0.29, 0.717) is 12.1 Å². The van der Waals surface area contributed by atoms with E-state index in [2.05, 4.69) is 5.32 Å². The Morgan fingerprint density at radius 3 is 2.32 bits per heavy atom. The molecule has 3 unspecified atom stereocenters. The second-order valence-electron chi connectivity index (χ2n) is 6.70. The standard InChI is InChI=1S/C19H24N2O3S/c1-25-12-11-16(17(22)20-13-7-3-2-4-8-13)21-18(23)14-9-5-6-10-15(14)19(21)24/h2-4,7-8,14-16H,5-6,9-12H2,1H3,(H,20,22). The van der Waals surface area contributed by atoms with E-state index in [1.807, 2.05) is 24.5 Å². The average Bonchev–Trinajstić information content (AvgIpc) is 2.88. The van der Waals surface area contributed by atoms with Gasteiger partial charge in [0, 0.05) is 5.69 Å². The molecule has 1 heterocycles. The summed E-state index contributed by atoms with van der Waals surface area (Å²) in [5.74, 6) is -0.294. The van der Waals surface area contributed by atoms with Crippen LogP contribution >= 0.6 is 11.8 Å². The van der Waals surface area contributed by atoms with Crippen molar-refractivity contribution in [2.45, 2.75) is 38.1 Å². The molecule has 0 spiro atoms. The van der Waals surface area contributed by atoms with Gasteiger partial charge in [-0.2, -0.15) is 11.8 Å². The minimum atomic E-state index is -0.724. The number of amides is 3. The zero-order valence-electron chi connectivity index (χ0n) is 14.4. The number of carbonyl (C=O) groups excluding carboxylic acids is 3. The quantitative estimate of drug-likeness (QED) is 0.792. The maximum absolute atomic E-state index is 12.8. The lowest BCUT2D eigenvalue weighted by Gasteiger charge is -2.25. The summed E-state index contributed by atoms with van der Waals surface area (Å²) < 4.78 is 0. The molecule has 1 aromatic rings. The highest BCUT2D eigenvalue weighted by Gasteiger charge is 2.51. The lowest BCUT2D eigenvalue weighted by molar-refractivity contribution is -0.146. The highest BCUT2D eigenvalue weighted by Crippen LogP contribution is 2.39. The minimum Gasteiger partial charge on any atom is -0.324 e. The van der Waals surface area contributed by atoms with Gasteiger partial charge in [0.2, 0.25) is 17.7 Å². The third-order valence-corrected chi connectivity index (χ3v) is 5.77. The second kappa shape index (κ2) is 8.04. The Hall–Kier alpha value is -1.82. The van der Waals surface area contributed by atoms with Gasteiger partial charge in [-0.3, -0.25) is 19.3 Å². The fourth-order valence-electron chi connectivity index (χ4n) is 3.85. The van der Waals surface area contributed by atoms with Gasteiger partial charge in [0.1, 0.15) is 6.04 Å². The molecule has 0 bridgehead atoms. The Labute approximate surface area is 152 Å². The smallest absolute Gasteiger partial charge is 0.247 e. The molecule has 6 heteroatoms. The van der Waals surface area contributed by atoms with Crippen LogP contribution in [0.3, 0.4) is 0 Å². The van der Waals surface area contributed by atoms with Crippen molar-refractivity contribution in [3.63, 3.8) is 0 Å². The van der Waals surface area contributed by atoms with Gasteiger partial charge < -0.3 is 5.32 Å². The fraction of sp³-hybridized carbons (Fsp3) is 0.526. The fourth-order valence-corrected chi connectivity index (χ4v) is 4.31. The zero-order valence-corrected chi connectivity index (χ0v) is 15.3. The summed E-state index contributed by atoms with van der Waals surface area (Å²) in [6, 6.07) is 8.44. The number of para-hydroxylation sites is 1. The van der Waals surface area contributed by atoms with Gasteiger partial charge in [0.15, 0.2) is 0 Å². The van der Waals surface area contributed by atoms with Crippen LogP contribution in [0.15, 0.2) is 30.3 Å². The average molecular weight is 360 g/mol. The van der Waals surface area contributed by atoms with Gasteiger partial charge in [-0.05, 0) is 43.4 Å². The van der Waals surface area contributed by atoms with Crippen LogP contribution in [0.5, 0.6) is 0 Å². The molecule has 5 nitrogen and oxygen atoms in total. The molecule has 3 atom stereocenters. The molecular formula is C19H24N2O3S. The number of rotatable bonds is 6. The van der Waals surface area contributed by atoms with Crippen molar-refractivity contribution in [3.8, 4) is 0 Å². The number of thioether (sulfide) groups is 1. The molecule has 2 fully saturated rings. The maximum atomic E-state index is 12.8. The molecular weight excluding hydrogens is 336 g/mol. The summed E-state index contributed by atoms with van der Waals surface area (Å²) in [5.41, 5.74) is 0.679. The number of nitrogens with one attached hydrogen (secondary N) is 1. The van der Waals surface area contributed by atoms with Crippen molar-refractivity contribution in [1.82, 2.24) is 4.90 Å². The Morgan fingerprint density at radius 2 is 1.76 bits per heavy atom. The molecule has 3 rings (SSSR count). The summed E-state index contributed by atoms with van der Waals surface area (Å²) in [7, 11) is 0. The summed E-state index contributed by atoms with van der Waals surface area (Å²) in [4.78, 5) is 39.8. The molecule has 1 N–H and O–H groups in total. The van der Waals surface area contributed by atoms with Crippen LogP contribution in [0.25, 0.3) is 0 Å². The molecule has 1 aliphatic carbocycles. The highest BCUT2D eigenvalue weighted by molar-refractivity contribution is 7.98. The van der Waals surface area contributed by atoms with Gasteiger partial charge in [0.25, 0.3) is 0 Å². The zero-order chi connectivity index (χ0) is 17.8. The normalized spacial score (nSPS) is 24.1.